The first-order chi connectivity index (χ1) is 4.88. The minimum absolute atomic E-state index is 0.212. The first-order valence-electron chi connectivity index (χ1n) is 2.71. The molecule has 3 nitrogen and oxygen atoms in total. The molecule has 0 aromatic carbocycles. The second-order valence-electron chi connectivity index (χ2n) is 1.90. The molecule has 0 aliphatic carbocycles. The van der Waals surface area contributed by atoms with Gasteiger partial charge in [-0.15, -0.1) is 0 Å². The van der Waals surface area contributed by atoms with E-state index in [1.807, 2.05) is 0 Å². The second-order valence-corrected chi connectivity index (χ2v) is 1.90. The van der Waals surface area contributed by atoms with Gasteiger partial charge in [-0.05, 0) is 6.92 Å². The molecule has 0 aromatic rings. The molecule has 11 heavy (non-hydrogen) atoms. The molecule has 64 valence electrons. The minimum Gasteiger partial charge on any atom is -0.339 e. The van der Waals surface area contributed by atoms with Gasteiger partial charge in [-0.2, -0.15) is 13.2 Å². The molecule has 1 atom stereocenters. The summed E-state index contributed by atoms with van der Waals surface area (Å²) in [5.74, 6) is -2.10. The van der Waals surface area contributed by atoms with E-state index in [4.69, 9.17) is 0 Å². The van der Waals surface area contributed by atoms with E-state index in [9.17, 15) is 22.8 Å². The van der Waals surface area contributed by atoms with Gasteiger partial charge >= 0.3 is 12.1 Å². The number of hydrogen-bond acceptors (Lipinski definition) is 2. The van der Waals surface area contributed by atoms with Gasteiger partial charge in [-0.3, -0.25) is 4.79 Å². The van der Waals surface area contributed by atoms with Crippen molar-refractivity contribution < 1.29 is 22.8 Å². The van der Waals surface area contributed by atoms with E-state index in [1.54, 1.807) is 0 Å². The minimum atomic E-state index is -4.92. The highest BCUT2D eigenvalue weighted by molar-refractivity contribution is 5.84. The Morgan fingerprint density at radius 1 is 1.55 bits per heavy atom. The standard InChI is InChI=1S/C5H6F3NO2/c1-3(2-10)9-4(11)5(6,7)8/h2-3H,1H3,(H,9,11). The Bertz CT molecular complexity index is 166. The van der Waals surface area contributed by atoms with E-state index in [-0.39, 0.29) is 6.29 Å². The molecule has 0 aliphatic rings. The van der Waals surface area contributed by atoms with Gasteiger partial charge in [0.25, 0.3) is 0 Å². The third-order valence-electron chi connectivity index (χ3n) is 0.820. The quantitative estimate of drug-likeness (QED) is 0.602. The first-order valence-corrected chi connectivity index (χ1v) is 2.71. The number of amides is 1. The molecule has 0 bridgehead atoms. The Balaban J connectivity index is 3.98. The second kappa shape index (κ2) is 3.36. The molecule has 1 unspecified atom stereocenters. The van der Waals surface area contributed by atoms with Crippen molar-refractivity contribution in [2.24, 2.45) is 0 Å². The van der Waals surface area contributed by atoms with Crippen LogP contribution in [0.2, 0.25) is 0 Å². The van der Waals surface area contributed by atoms with Crippen LogP contribution in [0.3, 0.4) is 0 Å². The molecule has 0 fully saturated rings. The zero-order valence-electron chi connectivity index (χ0n) is 5.61. The van der Waals surface area contributed by atoms with Gasteiger partial charge in [0.05, 0.1) is 6.04 Å². The number of hydrogen-bond donors (Lipinski definition) is 1. The maximum atomic E-state index is 11.4. The van der Waals surface area contributed by atoms with Crippen LogP contribution >= 0.6 is 0 Å². The van der Waals surface area contributed by atoms with Gasteiger partial charge in [0.2, 0.25) is 0 Å². The van der Waals surface area contributed by atoms with Crippen LogP contribution in [0.5, 0.6) is 0 Å². The SMILES string of the molecule is CC(C=O)NC(=O)C(F)(F)F. The summed E-state index contributed by atoms with van der Waals surface area (Å²) in [6, 6.07) is -1.11. The molecule has 6 heteroatoms. The van der Waals surface area contributed by atoms with E-state index >= 15 is 0 Å². The largest absolute Gasteiger partial charge is 0.471 e. The molecule has 1 amide bonds. The van der Waals surface area contributed by atoms with Gasteiger partial charge in [-0.1, -0.05) is 0 Å². The number of halogens is 3. The molecule has 0 radical (unpaired) electrons. The number of alkyl halides is 3. The van der Waals surface area contributed by atoms with Crippen molar-refractivity contribution in [3.63, 3.8) is 0 Å². The Hall–Kier alpha value is -1.07. The van der Waals surface area contributed by atoms with Crippen LogP contribution in [-0.4, -0.2) is 24.4 Å². The van der Waals surface area contributed by atoms with Crippen molar-refractivity contribution in [3.8, 4) is 0 Å². The van der Waals surface area contributed by atoms with E-state index in [0.717, 1.165) is 6.92 Å². The maximum absolute atomic E-state index is 11.4. The predicted molar refractivity (Wildman–Crippen MR) is 29.7 cm³/mol. The third kappa shape index (κ3) is 3.59. The molecule has 0 saturated carbocycles. The summed E-state index contributed by atoms with van der Waals surface area (Å²) in [6.45, 7) is 1.15. The molecule has 0 rings (SSSR count). The van der Waals surface area contributed by atoms with Crippen LogP contribution in [0.1, 0.15) is 6.92 Å². The van der Waals surface area contributed by atoms with Crippen molar-refractivity contribution in [2.45, 2.75) is 19.1 Å². The molecular formula is C5H6F3NO2. The molecular weight excluding hydrogens is 163 g/mol. The lowest BCUT2D eigenvalue weighted by Crippen LogP contribution is -2.42. The van der Waals surface area contributed by atoms with Crippen molar-refractivity contribution in [1.82, 2.24) is 5.32 Å². The van der Waals surface area contributed by atoms with Crippen LogP contribution in [0.25, 0.3) is 0 Å². The van der Waals surface area contributed by atoms with Crippen LogP contribution < -0.4 is 5.32 Å². The average Bonchev–Trinajstić information content (AvgIpc) is 1.85. The molecule has 0 aliphatic heterocycles. The Kier molecular flexibility index (Phi) is 3.03. The summed E-state index contributed by atoms with van der Waals surface area (Å²) >= 11 is 0. The van der Waals surface area contributed by atoms with Crippen LogP contribution in [0.15, 0.2) is 0 Å². The van der Waals surface area contributed by atoms with Crippen molar-refractivity contribution in [1.29, 1.82) is 0 Å². The van der Waals surface area contributed by atoms with Gasteiger partial charge in [0.15, 0.2) is 0 Å². The molecule has 0 heterocycles. The normalized spacial score (nSPS) is 13.8. The highest BCUT2D eigenvalue weighted by Crippen LogP contribution is 2.13. The van der Waals surface area contributed by atoms with Crippen molar-refractivity contribution >= 4 is 12.2 Å². The fourth-order valence-corrected chi connectivity index (χ4v) is 0.323. The summed E-state index contributed by atoms with van der Waals surface area (Å²) in [5, 5.41) is 1.44. The topological polar surface area (TPSA) is 46.2 Å². The zero-order valence-corrected chi connectivity index (χ0v) is 5.61. The van der Waals surface area contributed by atoms with E-state index in [1.165, 1.54) is 5.32 Å². The monoisotopic (exact) mass is 169 g/mol. The summed E-state index contributed by atoms with van der Waals surface area (Å²) in [4.78, 5) is 19.8. The lowest BCUT2D eigenvalue weighted by atomic mass is 10.4. The van der Waals surface area contributed by atoms with Gasteiger partial charge in [0, 0.05) is 0 Å². The summed E-state index contributed by atoms with van der Waals surface area (Å²) < 4.78 is 34.3. The van der Waals surface area contributed by atoms with Crippen molar-refractivity contribution in [2.75, 3.05) is 0 Å². The maximum Gasteiger partial charge on any atom is 0.471 e. The fraction of sp³-hybridized carbons (Fsp3) is 0.600. The molecule has 1 N–H and O–H groups in total. The lowest BCUT2D eigenvalue weighted by molar-refractivity contribution is -0.174. The smallest absolute Gasteiger partial charge is 0.339 e. The Labute approximate surface area is 60.6 Å². The van der Waals surface area contributed by atoms with Crippen molar-refractivity contribution in [3.05, 3.63) is 0 Å². The molecule has 0 aromatic heterocycles. The van der Waals surface area contributed by atoms with Crippen LogP contribution in [-0.2, 0) is 9.59 Å². The first kappa shape index (κ1) is 9.93. The summed E-state index contributed by atoms with van der Waals surface area (Å²) in [6.07, 6.45) is -4.71. The molecule has 0 saturated heterocycles. The fourth-order valence-electron chi connectivity index (χ4n) is 0.323. The number of rotatable bonds is 2. The average molecular weight is 169 g/mol. The highest BCUT2D eigenvalue weighted by atomic mass is 19.4. The predicted octanol–water partition coefficient (Wildman–Crippen LogP) is 0.252. The van der Waals surface area contributed by atoms with Gasteiger partial charge in [-0.25, -0.2) is 0 Å². The van der Waals surface area contributed by atoms with E-state index < -0.39 is 18.1 Å². The third-order valence-corrected chi connectivity index (χ3v) is 0.820. The van der Waals surface area contributed by atoms with E-state index in [0.29, 0.717) is 0 Å². The van der Waals surface area contributed by atoms with Gasteiger partial charge in [0.1, 0.15) is 6.29 Å². The van der Waals surface area contributed by atoms with E-state index in [2.05, 4.69) is 0 Å². The Morgan fingerprint density at radius 2 is 2.00 bits per heavy atom. The number of nitrogens with one attached hydrogen (secondary N) is 1. The van der Waals surface area contributed by atoms with Crippen LogP contribution in [0.4, 0.5) is 13.2 Å². The lowest BCUT2D eigenvalue weighted by Gasteiger charge is -2.08. The summed E-state index contributed by atoms with van der Waals surface area (Å²) in [7, 11) is 0. The zero-order chi connectivity index (χ0) is 9.07. The number of carbonyl (C=O) groups is 2. The molecule has 0 spiro atoms. The summed E-state index contributed by atoms with van der Waals surface area (Å²) in [5.41, 5.74) is 0. The van der Waals surface area contributed by atoms with Gasteiger partial charge < -0.3 is 10.1 Å². The number of aldehydes is 1. The Morgan fingerprint density at radius 3 is 2.27 bits per heavy atom. The van der Waals surface area contributed by atoms with Crippen LogP contribution in [0, 0.1) is 0 Å². The highest BCUT2D eigenvalue weighted by Gasteiger charge is 2.39. The number of carbonyl (C=O) groups excluding carboxylic acids is 2.